The maximum atomic E-state index is 5.22. The Bertz CT molecular complexity index is 952. The third-order valence-electron chi connectivity index (χ3n) is 4.70. The molecule has 1 nitrogen and oxygen atoms in total. The molecule has 0 spiro atoms. The molecule has 0 bridgehead atoms. The van der Waals surface area contributed by atoms with E-state index in [0.717, 1.165) is 25.9 Å². The highest BCUT2D eigenvalue weighted by molar-refractivity contribution is 6.23. The normalized spacial score (nSPS) is 11.5. The van der Waals surface area contributed by atoms with E-state index >= 15 is 0 Å². The number of hydrogen-bond donors (Lipinski definition) is 0. The van der Waals surface area contributed by atoms with Crippen LogP contribution in [-0.4, -0.2) is 6.61 Å². The van der Waals surface area contributed by atoms with Crippen molar-refractivity contribution in [3.63, 3.8) is 0 Å². The zero-order valence-electron chi connectivity index (χ0n) is 13.2. The Hall–Kier alpha value is -2.54. The molecule has 0 aliphatic heterocycles. The van der Waals surface area contributed by atoms with Crippen LogP contribution in [0.1, 0.15) is 18.4 Å². The summed E-state index contributed by atoms with van der Waals surface area (Å²) in [4.78, 5) is 0. The zero-order valence-corrected chi connectivity index (χ0v) is 13.2. The van der Waals surface area contributed by atoms with Gasteiger partial charge in [-0.15, -0.1) is 0 Å². The first-order chi connectivity index (χ1) is 11.4. The summed E-state index contributed by atoms with van der Waals surface area (Å²) in [6.45, 7) is 4.34. The molecular formula is C22H20O. The van der Waals surface area contributed by atoms with Gasteiger partial charge in [-0.1, -0.05) is 61.2 Å². The Kier molecular flexibility index (Phi) is 3.63. The van der Waals surface area contributed by atoms with Gasteiger partial charge < -0.3 is 4.74 Å². The molecule has 0 saturated heterocycles. The minimum Gasteiger partial charge on any atom is -0.502 e. The van der Waals surface area contributed by atoms with Gasteiger partial charge in [-0.3, -0.25) is 0 Å². The second-order valence-electron chi connectivity index (χ2n) is 6.08. The fraction of sp³-hybridized carbons (Fsp3) is 0.182. The zero-order chi connectivity index (χ0) is 15.6. The molecule has 0 amide bonds. The van der Waals surface area contributed by atoms with Crippen LogP contribution in [0.2, 0.25) is 0 Å². The molecular weight excluding hydrogens is 280 g/mol. The van der Waals surface area contributed by atoms with Crippen LogP contribution in [0.25, 0.3) is 32.3 Å². The van der Waals surface area contributed by atoms with E-state index in [2.05, 4.69) is 61.2 Å². The molecule has 23 heavy (non-hydrogen) atoms. The van der Waals surface area contributed by atoms with Gasteiger partial charge in [0.2, 0.25) is 0 Å². The van der Waals surface area contributed by atoms with Gasteiger partial charge in [0.1, 0.15) is 0 Å². The summed E-state index contributed by atoms with van der Waals surface area (Å²) in [6, 6.07) is 20.1. The van der Waals surface area contributed by atoms with Gasteiger partial charge in [0, 0.05) is 0 Å². The third kappa shape index (κ3) is 2.43. The predicted molar refractivity (Wildman–Crippen MR) is 99.2 cm³/mol. The molecule has 0 heterocycles. The van der Waals surface area contributed by atoms with Crippen molar-refractivity contribution in [1.82, 2.24) is 0 Å². The summed E-state index contributed by atoms with van der Waals surface area (Å²) in [5.74, 6) is 0. The number of hydrogen-bond acceptors (Lipinski definition) is 1. The van der Waals surface area contributed by atoms with Gasteiger partial charge in [0.05, 0.1) is 12.9 Å². The molecule has 0 N–H and O–H groups in total. The molecule has 0 aliphatic carbocycles. The van der Waals surface area contributed by atoms with Crippen LogP contribution in [-0.2, 0) is 11.2 Å². The predicted octanol–water partition coefficient (Wildman–Crippen LogP) is 6.07. The molecule has 114 valence electrons. The lowest BCUT2D eigenvalue weighted by Crippen LogP contribution is -1.93. The average Bonchev–Trinajstić information content (AvgIpc) is 2.60. The van der Waals surface area contributed by atoms with E-state index in [1.807, 2.05) is 0 Å². The van der Waals surface area contributed by atoms with Gasteiger partial charge in [-0.2, -0.15) is 0 Å². The Labute approximate surface area is 136 Å². The summed E-state index contributed by atoms with van der Waals surface area (Å²) in [7, 11) is 0. The van der Waals surface area contributed by atoms with Gasteiger partial charge in [-0.05, 0) is 57.1 Å². The first kappa shape index (κ1) is 14.1. The molecule has 0 radical (unpaired) electrons. The number of unbranched alkanes of at least 4 members (excludes halogenated alkanes) is 1. The summed E-state index contributed by atoms with van der Waals surface area (Å²) in [5.41, 5.74) is 1.44. The van der Waals surface area contributed by atoms with Gasteiger partial charge >= 0.3 is 0 Å². The molecule has 4 rings (SSSR count). The molecule has 0 unspecified atom stereocenters. The summed E-state index contributed by atoms with van der Waals surface area (Å²) >= 11 is 0. The van der Waals surface area contributed by atoms with Crippen LogP contribution in [0.15, 0.2) is 67.4 Å². The lowest BCUT2D eigenvalue weighted by Gasteiger charge is -2.13. The van der Waals surface area contributed by atoms with E-state index in [9.17, 15) is 0 Å². The lowest BCUT2D eigenvalue weighted by atomic mass is 9.91. The Balaban J connectivity index is 1.78. The second kappa shape index (κ2) is 5.92. The standard InChI is InChI=1S/C22H20O/c1-2-23-15-4-3-6-16-9-10-19-12-11-17-7-5-8-18-13-14-20(16)22(19)21(17)18/h2,5,7-14H,1,3-4,6,15H2. The van der Waals surface area contributed by atoms with Crippen LogP contribution in [0.3, 0.4) is 0 Å². The van der Waals surface area contributed by atoms with Crippen LogP contribution >= 0.6 is 0 Å². The summed E-state index contributed by atoms with van der Waals surface area (Å²) < 4.78 is 5.22. The van der Waals surface area contributed by atoms with Gasteiger partial charge in [0.15, 0.2) is 0 Å². The number of benzene rings is 4. The van der Waals surface area contributed by atoms with Crippen molar-refractivity contribution in [1.29, 1.82) is 0 Å². The highest BCUT2D eigenvalue weighted by Gasteiger charge is 2.10. The first-order valence-corrected chi connectivity index (χ1v) is 8.26. The Morgan fingerprint density at radius 3 is 2.26 bits per heavy atom. The smallest absolute Gasteiger partial charge is 0.0873 e. The maximum Gasteiger partial charge on any atom is 0.0873 e. The second-order valence-corrected chi connectivity index (χ2v) is 6.08. The highest BCUT2D eigenvalue weighted by atomic mass is 16.5. The van der Waals surface area contributed by atoms with Crippen molar-refractivity contribution >= 4 is 32.3 Å². The largest absolute Gasteiger partial charge is 0.502 e. The molecule has 0 atom stereocenters. The van der Waals surface area contributed by atoms with Crippen molar-refractivity contribution in [3.05, 3.63) is 73.0 Å². The van der Waals surface area contributed by atoms with Crippen molar-refractivity contribution in [3.8, 4) is 0 Å². The quantitative estimate of drug-likeness (QED) is 0.239. The first-order valence-electron chi connectivity index (χ1n) is 8.26. The maximum absolute atomic E-state index is 5.22. The molecule has 0 aromatic heterocycles. The minimum absolute atomic E-state index is 0.759. The van der Waals surface area contributed by atoms with E-state index < -0.39 is 0 Å². The van der Waals surface area contributed by atoms with Crippen molar-refractivity contribution in [2.45, 2.75) is 19.3 Å². The van der Waals surface area contributed by atoms with Crippen molar-refractivity contribution < 1.29 is 4.74 Å². The third-order valence-corrected chi connectivity index (χ3v) is 4.70. The van der Waals surface area contributed by atoms with Crippen molar-refractivity contribution in [2.75, 3.05) is 6.61 Å². The molecule has 0 saturated carbocycles. The van der Waals surface area contributed by atoms with E-state index in [1.165, 1.54) is 44.1 Å². The number of aryl methyl sites for hydroxylation is 1. The molecule has 0 aliphatic rings. The van der Waals surface area contributed by atoms with Crippen molar-refractivity contribution in [2.24, 2.45) is 0 Å². The molecule has 1 heteroatoms. The van der Waals surface area contributed by atoms with Crippen LogP contribution < -0.4 is 0 Å². The van der Waals surface area contributed by atoms with E-state index in [0.29, 0.717) is 0 Å². The monoisotopic (exact) mass is 300 g/mol. The average molecular weight is 300 g/mol. The fourth-order valence-electron chi connectivity index (χ4n) is 3.60. The Morgan fingerprint density at radius 1 is 0.783 bits per heavy atom. The van der Waals surface area contributed by atoms with E-state index in [-0.39, 0.29) is 0 Å². The summed E-state index contributed by atoms with van der Waals surface area (Å²) in [6.07, 6.45) is 4.82. The minimum atomic E-state index is 0.759. The van der Waals surface area contributed by atoms with E-state index in [4.69, 9.17) is 4.74 Å². The van der Waals surface area contributed by atoms with Crippen LogP contribution in [0.5, 0.6) is 0 Å². The van der Waals surface area contributed by atoms with Crippen LogP contribution in [0.4, 0.5) is 0 Å². The number of ether oxygens (including phenoxy) is 1. The molecule has 0 fully saturated rings. The fourth-order valence-corrected chi connectivity index (χ4v) is 3.60. The lowest BCUT2D eigenvalue weighted by molar-refractivity contribution is 0.243. The van der Waals surface area contributed by atoms with E-state index in [1.54, 1.807) is 0 Å². The highest BCUT2D eigenvalue weighted by Crippen LogP contribution is 2.36. The molecule has 4 aromatic carbocycles. The Morgan fingerprint density at radius 2 is 1.48 bits per heavy atom. The van der Waals surface area contributed by atoms with Gasteiger partial charge in [0.25, 0.3) is 0 Å². The molecule has 4 aromatic rings. The summed E-state index contributed by atoms with van der Waals surface area (Å²) in [5, 5.41) is 8.22. The topological polar surface area (TPSA) is 9.23 Å². The SMILES string of the molecule is C=COCCCCc1ccc2ccc3cccc4ccc1c2c34. The van der Waals surface area contributed by atoms with Crippen LogP contribution in [0, 0.1) is 0 Å². The number of rotatable bonds is 6. The van der Waals surface area contributed by atoms with Gasteiger partial charge in [-0.25, -0.2) is 0 Å².